The SMILES string of the molecule is CNC(=O)NC(=O)[C@@H](OC(=O)c1[nH]c(C)c([C@H](C)O)c1C)c1ccccc1. The average molecular weight is 373 g/mol. The third-order valence-electron chi connectivity index (χ3n) is 4.15. The monoisotopic (exact) mass is 373 g/mol. The molecule has 2 aromatic rings. The summed E-state index contributed by atoms with van der Waals surface area (Å²) in [5, 5.41) is 14.3. The molecule has 2 atom stereocenters. The molecular formula is C19H23N3O5. The van der Waals surface area contributed by atoms with Gasteiger partial charge in [-0.25, -0.2) is 9.59 Å². The summed E-state index contributed by atoms with van der Waals surface area (Å²) >= 11 is 0. The highest BCUT2D eigenvalue weighted by Gasteiger charge is 2.29. The van der Waals surface area contributed by atoms with Crippen molar-refractivity contribution in [1.29, 1.82) is 0 Å². The Morgan fingerprint density at radius 3 is 2.30 bits per heavy atom. The first-order valence-electron chi connectivity index (χ1n) is 8.41. The minimum atomic E-state index is -1.31. The minimum Gasteiger partial charge on any atom is -0.443 e. The second kappa shape index (κ2) is 8.50. The Balaban J connectivity index is 2.33. The Bertz CT molecular complexity index is 843. The zero-order valence-electron chi connectivity index (χ0n) is 15.6. The van der Waals surface area contributed by atoms with E-state index in [9.17, 15) is 19.5 Å². The fourth-order valence-electron chi connectivity index (χ4n) is 2.90. The summed E-state index contributed by atoms with van der Waals surface area (Å²) < 4.78 is 5.41. The third-order valence-corrected chi connectivity index (χ3v) is 4.15. The van der Waals surface area contributed by atoms with Crippen LogP contribution in [-0.4, -0.2) is 35.0 Å². The molecule has 4 N–H and O–H groups in total. The largest absolute Gasteiger partial charge is 0.443 e. The summed E-state index contributed by atoms with van der Waals surface area (Å²) in [5.74, 6) is -1.53. The van der Waals surface area contributed by atoms with Gasteiger partial charge in [-0.15, -0.1) is 0 Å². The van der Waals surface area contributed by atoms with Gasteiger partial charge in [-0.05, 0) is 26.3 Å². The molecule has 8 heteroatoms. The maximum atomic E-state index is 12.7. The van der Waals surface area contributed by atoms with Crippen molar-refractivity contribution >= 4 is 17.9 Å². The van der Waals surface area contributed by atoms with Crippen molar-refractivity contribution in [3.63, 3.8) is 0 Å². The van der Waals surface area contributed by atoms with Crippen LogP contribution in [0.3, 0.4) is 0 Å². The molecule has 0 spiro atoms. The molecule has 3 amide bonds. The van der Waals surface area contributed by atoms with Gasteiger partial charge >= 0.3 is 12.0 Å². The van der Waals surface area contributed by atoms with Crippen LogP contribution in [0.25, 0.3) is 0 Å². The van der Waals surface area contributed by atoms with E-state index in [-0.39, 0.29) is 5.69 Å². The number of urea groups is 1. The molecule has 0 bridgehead atoms. The second-order valence-electron chi connectivity index (χ2n) is 6.10. The van der Waals surface area contributed by atoms with Gasteiger partial charge in [0, 0.05) is 23.9 Å². The molecule has 1 heterocycles. The number of aryl methyl sites for hydroxylation is 1. The van der Waals surface area contributed by atoms with Gasteiger partial charge in [-0.3, -0.25) is 10.1 Å². The van der Waals surface area contributed by atoms with Crippen LogP contribution < -0.4 is 10.6 Å². The van der Waals surface area contributed by atoms with Crippen molar-refractivity contribution in [1.82, 2.24) is 15.6 Å². The normalized spacial score (nSPS) is 12.8. The molecule has 0 aliphatic heterocycles. The van der Waals surface area contributed by atoms with Crippen molar-refractivity contribution in [2.75, 3.05) is 7.05 Å². The molecule has 1 aromatic carbocycles. The lowest BCUT2D eigenvalue weighted by Crippen LogP contribution is -2.41. The van der Waals surface area contributed by atoms with E-state index >= 15 is 0 Å². The van der Waals surface area contributed by atoms with E-state index in [0.717, 1.165) is 0 Å². The van der Waals surface area contributed by atoms with Gasteiger partial charge in [-0.1, -0.05) is 30.3 Å². The number of aromatic nitrogens is 1. The molecule has 0 aliphatic carbocycles. The zero-order valence-corrected chi connectivity index (χ0v) is 15.6. The number of esters is 1. The summed E-state index contributed by atoms with van der Waals surface area (Å²) in [5.41, 5.74) is 2.36. The highest BCUT2D eigenvalue weighted by atomic mass is 16.5. The topological polar surface area (TPSA) is 121 Å². The highest BCUT2D eigenvalue weighted by molar-refractivity contribution is 5.99. The van der Waals surface area contributed by atoms with Crippen molar-refractivity contribution in [3.05, 3.63) is 58.4 Å². The first-order valence-corrected chi connectivity index (χ1v) is 8.41. The number of ether oxygens (including phenoxy) is 1. The first-order chi connectivity index (χ1) is 12.8. The number of carbonyl (C=O) groups excluding carboxylic acids is 3. The van der Waals surface area contributed by atoms with Crippen molar-refractivity contribution in [2.24, 2.45) is 0 Å². The van der Waals surface area contributed by atoms with Crippen LogP contribution in [0.1, 0.15) is 52.0 Å². The van der Waals surface area contributed by atoms with Gasteiger partial charge in [0.05, 0.1) is 6.10 Å². The van der Waals surface area contributed by atoms with Crippen LogP contribution in [0.5, 0.6) is 0 Å². The molecule has 0 fully saturated rings. The number of nitrogens with one attached hydrogen (secondary N) is 3. The number of carbonyl (C=O) groups is 3. The van der Waals surface area contributed by atoms with Crippen LogP contribution in [0, 0.1) is 13.8 Å². The smallest absolute Gasteiger partial charge is 0.356 e. The Hall–Kier alpha value is -3.13. The van der Waals surface area contributed by atoms with Gasteiger partial charge < -0.3 is 20.1 Å². The van der Waals surface area contributed by atoms with Crippen LogP contribution in [-0.2, 0) is 9.53 Å². The maximum Gasteiger partial charge on any atom is 0.356 e. The quantitative estimate of drug-likeness (QED) is 0.598. The summed E-state index contributed by atoms with van der Waals surface area (Å²) in [6.45, 7) is 5.02. The number of imide groups is 1. The van der Waals surface area contributed by atoms with Crippen molar-refractivity contribution < 1.29 is 24.2 Å². The summed E-state index contributed by atoms with van der Waals surface area (Å²) in [6.07, 6.45) is -2.07. The van der Waals surface area contributed by atoms with Crippen LogP contribution in [0.4, 0.5) is 4.79 Å². The third kappa shape index (κ3) is 4.53. The van der Waals surface area contributed by atoms with Gasteiger partial charge in [0.1, 0.15) is 5.69 Å². The number of H-pyrrole nitrogens is 1. The number of aromatic amines is 1. The summed E-state index contributed by atoms with van der Waals surface area (Å²) in [7, 11) is 1.37. The Morgan fingerprint density at radius 1 is 1.15 bits per heavy atom. The number of hydrogen-bond acceptors (Lipinski definition) is 5. The molecule has 2 rings (SSSR count). The summed E-state index contributed by atoms with van der Waals surface area (Å²) in [6, 6.07) is 7.68. The van der Waals surface area contributed by atoms with E-state index in [1.165, 1.54) is 7.05 Å². The second-order valence-corrected chi connectivity index (χ2v) is 6.10. The molecule has 8 nitrogen and oxygen atoms in total. The van der Waals surface area contributed by atoms with E-state index in [0.29, 0.717) is 22.4 Å². The van der Waals surface area contributed by atoms with E-state index in [2.05, 4.69) is 15.6 Å². The molecule has 0 unspecified atom stereocenters. The molecule has 0 saturated heterocycles. The Morgan fingerprint density at radius 2 is 1.78 bits per heavy atom. The van der Waals surface area contributed by atoms with Gasteiger partial charge in [0.15, 0.2) is 0 Å². The number of hydrogen-bond donors (Lipinski definition) is 4. The number of aliphatic hydroxyl groups excluding tert-OH is 1. The Labute approximate surface area is 156 Å². The van der Waals surface area contributed by atoms with Gasteiger partial charge in [0.25, 0.3) is 5.91 Å². The van der Waals surface area contributed by atoms with Crippen molar-refractivity contribution in [2.45, 2.75) is 33.0 Å². The lowest BCUT2D eigenvalue weighted by molar-refractivity contribution is -0.129. The van der Waals surface area contributed by atoms with Crippen LogP contribution in [0.2, 0.25) is 0 Å². The zero-order chi connectivity index (χ0) is 20.1. The molecule has 144 valence electrons. The fourth-order valence-corrected chi connectivity index (χ4v) is 2.90. The molecule has 27 heavy (non-hydrogen) atoms. The first kappa shape index (κ1) is 20.2. The highest BCUT2D eigenvalue weighted by Crippen LogP contribution is 2.27. The minimum absolute atomic E-state index is 0.150. The van der Waals surface area contributed by atoms with Crippen LogP contribution >= 0.6 is 0 Å². The summed E-state index contributed by atoms with van der Waals surface area (Å²) in [4.78, 5) is 39.5. The van der Waals surface area contributed by atoms with Crippen molar-refractivity contribution in [3.8, 4) is 0 Å². The van der Waals surface area contributed by atoms with E-state index in [4.69, 9.17) is 4.74 Å². The standard InChI is InChI=1S/C19H23N3O5/c1-10-14(12(3)23)11(2)21-15(10)18(25)27-16(13-8-6-5-7-9-13)17(24)22-19(26)20-4/h5-9,12,16,21,23H,1-4H3,(H2,20,22,24,26)/t12-,16-/m0/s1. The molecular weight excluding hydrogens is 350 g/mol. The maximum absolute atomic E-state index is 12.7. The molecule has 0 radical (unpaired) electrons. The van der Waals surface area contributed by atoms with E-state index in [1.54, 1.807) is 51.1 Å². The predicted octanol–water partition coefficient (Wildman–Crippen LogP) is 2.04. The van der Waals surface area contributed by atoms with E-state index < -0.39 is 30.1 Å². The van der Waals surface area contributed by atoms with Gasteiger partial charge in [0.2, 0.25) is 6.10 Å². The average Bonchev–Trinajstić information content (AvgIpc) is 2.94. The molecule has 0 aliphatic rings. The lowest BCUT2D eigenvalue weighted by Gasteiger charge is -2.17. The number of amides is 3. The Kier molecular flexibility index (Phi) is 6.36. The van der Waals surface area contributed by atoms with E-state index in [1.807, 2.05) is 0 Å². The predicted molar refractivity (Wildman–Crippen MR) is 98.1 cm³/mol. The molecule has 1 aromatic heterocycles. The number of aliphatic hydroxyl groups is 1. The van der Waals surface area contributed by atoms with Crippen LogP contribution in [0.15, 0.2) is 30.3 Å². The number of benzene rings is 1. The van der Waals surface area contributed by atoms with Gasteiger partial charge in [-0.2, -0.15) is 0 Å². The molecule has 0 saturated carbocycles. The lowest BCUT2D eigenvalue weighted by atomic mass is 10.1. The number of rotatable bonds is 5. The fraction of sp³-hybridized carbons (Fsp3) is 0.316.